The fourth-order valence-electron chi connectivity index (χ4n) is 6.50. The molecule has 3 atom stereocenters. The van der Waals surface area contributed by atoms with Crippen molar-refractivity contribution in [3.05, 3.63) is 0 Å². The van der Waals surface area contributed by atoms with E-state index >= 15 is 0 Å². The summed E-state index contributed by atoms with van der Waals surface area (Å²) in [6, 6.07) is 0.206. The van der Waals surface area contributed by atoms with Crippen molar-refractivity contribution in [2.45, 2.75) is 64.3 Å². The maximum atomic E-state index is 13.2. The quantitative estimate of drug-likeness (QED) is 0.800. The molecule has 4 saturated carbocycles. The average Bonchev–Trinajstić information content (AvgIpc) is 2.35. The first-order valence-corrected chi connectivity index (χ1v) is 8.53. The van der Waals surface area contributed by atoms with E-state index in [1.54, 1.807) is 0 Å². The Morgan fingerprint density at radius 2 is 1.90 bits per heavy atom. The normalized spacial score (nSPS) is 50.5. The maximum Gasteiger partial charge on any atom is 0.228 e. The van der Waals surface area contributed by atoms with E-state index in [2.05, 4.69) is 11.8 Å². The van der Waals surface area contributed by atoms with Gasteiger partial charge in [0.05, 0.1) is 5.41 Å². The molecule has 0 spiro atoms. The summed E-state index contributed by atoms with van der Waals surface area (Å²) in [6.45, 7) is 4.18. The third-order valence-electron chi connectivity index (χ3n) is 6.55. The van der Waals surface area contributed by atoms with Gasteiger partial charge in [0.1, 0.15) is 0 Å². The standard InChI is InChI=1S/C17H28N2O/c1-16-6-12-5-13(7-16)9-17(8-12,11-16)15(20)19-4-2-3-14(18)10-19/h12-14H,2-11,18H2,1H3. The van der Waals surface area contributed by atoms with Crippen molar-refractivity contribution in [1.82, 2.24) is 4.90 Å². The highest BCUT2D eigenvalue weighted by Crippen LogP contribution is 2.65. The molecule has 0 aromatic rings. The largest absolute Gasteiger partial charge is 0.341 e. The molecule has 5 fully saturated rings. The van der Waals surface area contributed by atoms with Crippen LogP contribution in [0.4, 0.5) is 0 Å². The Bertz CT molecular complexity index is 419. The summed E-state index contributed by atoms with van der Waals surface area (Å²) >= 11 is 0. The number of nitrogens with zero attached hydrogens (tertiary/aromatic N) is 1. The Morgan fingerprint density at radius 3 is 2.50 bits per heavy atom. The summed E-state index contributed by atoms with van der Waals surface area (Å²) in [5.41, 5.74) is 6.54. The molecule has 112 valence electrons. The van der Waals surface area contributed by atoms with Gasteiger partial charge in [-0.2, -0.15) is 0 Å². The van der Waals surface area contributed by atoms with Gasteiger partial charge in [0, 0.05) is 19.1 Å². The first-order chi connectivity index (χ1) is 9.48. The van der Waals surface area contributed by atoms with E-state index in [4.69, 9.17) is 5.73 Å². The predicted octanol–water partition coefficient (Wildman–Crippen LogP) is 2.54. The second kappa shape index (κ2) is 4.22. The molecule has 0 radical (unpaired) electrons. The van der Waals surface area contributed by atoms with Crippen LogP contribution >= 0.6 is 0 Å². The Labute approximate surface area is 122 Å². The molecule has 1 aliphatic heterocycles. The van der Waals surface area contributed by atoms with Gasteiger partial charge in [0.2, 0.25) is 5.91 Å². The fourth-order valence-corrected chi connectivity index (χ4v) is 6.50. The van der Waals surface area contributed by atoms with E-state index in [1.165, 1.54) is 32.1 Å². The number of nitrogens with two attached hydrogens (primary N) is 1. The van der Waals surface area contributed by atoms with Gasteiger partial charge in [-0.25, -0.2) is 0 Å². The number of carbonyl (C=O) groups is 1. The van der Waals surface area contributed by atoms with Crippen LogP contribution in [0.3, 0.4) is 0 Å². The van der Waals surface area contributed by atoms with E-state index in [0.717, 1.165) is 44.2 Å². The lowest BCUT2D eigenvalue weighted by Crippen LogP contribution is -2.59. The molecule has 4 aliphatic carbocycles. The monoisotopic (exact) mass is 276 g/mol. The lowest BCUT2D eigenvalue weighted by Gasteiger charge is -2.61. The minimum atomic E-state index is -0.00407. The van der Waals surface area contributed by atoms with Crippen LogP contribution < -0.4 is 5.73 Å². The summed E-state index contributed by atoms with van der Waals surface area (Å²) in [6.07, 6.45) is 9.80. The first kappa shape index (κ1) is 13.1. The molecular formula is C17H28N2O. The Hall–Kier alpha value is -0.570. The average molecular weight is 276 g/mol. The molecule has 5 rings (SSSR count). The predicted molar refractivity (Wildman–Crippen MR) is 79.0 cm³/mol. The highest BCUT2D eigenvalue weighted by molar-refractivity contribution is 5.83. The van der Waals surface area contributed by atoms with Crippen LogP contribution in [0.5, 0.6) is 0 Å². The van der Waals surface area contributed by atoms with Crippen LogP contribution in [0, 0.1) is 22.7 Å². The highest BCUT2D eigenvalue weighted by Gasteiger charge is 2.59. The van der Waals surface area contributed by atoms with E-state index in [-0.39, 0.29) is 11.5 Å². The van der Waals surface area contributed by atoms with Crippen molar-refractivity contribution in [2.24, 2.45) is 28.4 Å². The van der Waals surface area contributed by atoms with Gasteiger partial charge in [-0.15, -0.1) is 0 Å². The van der Waals surface area contributed by atoms with E-state index in [1.807, 2.05) is 0 Å². The SMILES string of the molecule is CC12CC3CC(C1)CC(C(=O)N1CCCC(N)C1)(C3)C2. The third-order valence-corrected chi connectivity index (χ3v) is 6.55. The molecule has 3 heteroatoms. The molecule has 1 heterocycles. The van der Waals surface area contributed by atoms with Gasteiger partial charge < -0.3 is 10.6 Å². The van der Waals surface area contributed by atoms with Crippen LogP contribution in [0.1, 0.15) is 58.3 Å². The first-order valence-electron chi connectivity index (χ1n) is 8.53. The number of likely N-dealkylation sites (tertiary alicyclic amines) is 1. The second-order valence-corrected chi connectivity index (χ2v) is 8.71. The number of carbonyl (C=O) groups excluding carboxylic acids is 1. The number of hydrogen-bond donors (Lipinski definition) is 1. The topological polar surface area (TPSA) is 46.3 Å². The van der Waals surface area contributed by atoms with Gasteiger partial charge in [0.15, 0.2) is 0 Å². The smallest absolute Gasteiger partial charge is 0.228 e. The molecule has 4 bridgehead atoms. The minimum absolute atomic E-state index is 0.00407. The molecule has 2 N–H and O–H groups in total. The maximum absolute atomic E-state index is 13.2. The summed E-state index contributed by atoms with van der Waals surface area (Å²) in [5, 5.41) is 0. The van der Waals surface area contributed by atoms with E-state index in [0.29, 0.717) is 11.3 Å². The van der Waals surface area contributed by atoms with Crippen LogP contribution in [0.15, 0.2) is 0 Å². The Morgan fingerprint density at radius 1 is 1.20 bits per heavy atom. The van der Waals surface area contributed by atoms with Crippen molar-refractivity contribution >= 4 is 5.91 Å². The zero-order valence-corrected chi connectivity index (χ0v) is 12.7. The van der Waals surface area contributed by atoms with Gasteiger partial charge in [0.25, 0.3) is 0 Å². The van der Waals surface area contributed by atoms with Gasteiger partial charge >= 0.3 is 0 Å². The molecule has 1 saturated heterocycles. The Balaban J connectivity index is 1.59. The second-order valence-electron chi connectivity index (χ2n) is 8.71. The van der Waals surface area contributed by atoms with Crippen molar-refractivity contribution in [3.63, 3.8) is 0 Å². The summed E-state index contributed by atoms with van der Waals surface area (Å²) < 4.78 is 0. The number of amides is 1. The van der Waals surface area contributed by atoms with E-state index < -0.39 is 0 Å². The number of piperidine rings is 1. The zero-order valence-electron chi connectivity index (χ0n) is 12.7. The molecule has 3 unspecified atom stereocenters. The van der Waals surface area contributed by atoms with Crippen LogP contribution in [0.2, 0.25) is 0 Å². The van der Waals surface area contributed by atoms with Gasteiger partial charge in [-0.3, -0.25) is 4.79 Å². The molecule has 5 aliphatic rings. The van der Waals surface area contributed by atoms with Crippen molar-refractivity contribution in [3.8, 4) is 0 Å². The lowest BCUT2D eigenvalue weighted by atomic mass is 9.44. The summed E-state index contributed by atoms with van der Waals surface area (Å²) in [4.78, 5) is 15.3. The van der Waals surface area contributed by atoms with Crippen LogP contribution in [-0.4, -0.2) is 29.9 Å². The van der Waals surface area contributed by atoms with Crippen LogP contribution in [0.25, 0.3) is 0 Å². The molecule has 1 amide bonds. The number of hydrogen-bond acceptors (Lipinski definition) is 2. The molecule has 0 aromatic carbocycles. The lowest BCUT2D eigenvalue weighted by molar-refractivity contribution is -0.167. The molecular weight excluding hydrogens is 248 g/mol. The zero-order chi connectivity index (χ0) is 14.0. The van der Waals surface area contributed by atoms with Crippen molar-refractivity contribution < 1.29 is 4.79 Å². The van der Waals surface area contributed by atoms with Crippen molar-refractivity contribution in [2.75, 3.05) is 13.1 Å². The van der Waals surface area contributed by atoms with E-state index in [9.17, 15) is 4.79 Å². The molecule has 0 aromatic heterocycles. The summed E-state index contributed by atoms with van der Waals surface area (Å²) in [7, 11) is 0. The fraction of sp³-hybridized carbons (Fsp3) is 0.941. The highest BCUT2D eigenvalue weighted by atomic mass is 16.2. The van der Waals surface area contributed by atoms with Gasteiger partial charge in [-0.05, 0) is 68.6 Å². The third kappa shape index (κ3) is 1.93. The summed E-state index contributed by atoms with van der Waals surface area (Å²) in [5.74, 6) is 2.11. The van der Waals surface area contributed by atoms with Crippen LogP contribution in [-0.2, 0) is 4.79 Å². The Kier molecular flexibility index (Phi) is 2.77. The van der Waals surface area contributed by atoms with Crippen molar-refractivity contribution in [1.29, 1.82) is 0 Å². The molecule has 20 heavy (non-hydrogen) atoms. The molecule has 3 nitrogen and oxygen atoms in total. The van der Waals surface area contributed by atoms with Gasteiger partial charge in [-0.1, -0.05) is 6.92 Å². The minimum Gasteiger partial charge on any atom is -0.341 e. The number of rotatable bonds is 1.